The molecule has 0 atom stereocenters. The highest BCUT2D eigenvalue weighted by molar-refractivity contribution is 7.12. The number of carbonyl (C=O) groups is 2. The molecular weight excluding hydrogens is 254 g/mol. The molecule has 0 unspecified atom stereocenters. The first-order chi connectivity index (χ1) is 7.61. The van der Waals surface area contributed by atoms with Gasteiger partial charge >= 0.3 is 5.97 Å². The number of halogens is 1. The number of carboxylic acid groups (broad SMARTS) is 1. The van der Waals surface area contributed by atoms with Gasteiger partial charge in [-0.3, -0.25) is 4.79 Å². The van der Waals surface area contributed by atoms with Gasteiger partial charge in [0.25, 0.3) is 5.91 Å². The zero-order valence-electron chi connectivity index (χ0n) is 8.23. The zero-order valence-corrected chi connectivity index (χ0v) is 9.81. The van der Waals surface area contributed by atoms with E-state index in [4.69, 9.17) is 21.4 Å². The largest absolute Gasteiger partial charge is 0.480 e. The fourth-order valence-corrected chi connectivity index (χ4v) is 1.99. The van der Waals surface area contributed by atoms with Crippen molar-refractivity contribution in [3.05, 3.63) is 21.3 Å². The number of hydrogen-bond donors (Lipinski definition) is 2. The van der Waals surface area contributed by atoms with E-state index in [1.54, 1.807) is 11.4 Å². The normalized spacial score (nSPS) is 10.1. The van der Waals surface area contributed by atoms with Crippen LogP contribution in [0.1, 0.15) is 9.67 Å². The van der Waals surface area contributed by atoms with Gasteiger partial charge in [-0.15, -0.1) is 11.3 Å². The van der Waals surface area contributed by atoms with Crippen LogP contribution in [0.5, 0.6) is 0 Å². The van der Waals surface area contributed by atoms with Gasteiger partial charge < -0.3 is 15.2 Å². The van der Waals surface area contributed by atoms with E-state index in [1.807, 2.05) is 0 Å². The van der Waals surface area contributed by atoms with Gasteiger partial charge in [0.2, 0.25) is 0 Å². The fraction of sp³-hybridized carbons (Fsp3) is 0.333. The highest BCUT2D eigenvalue weighted by atomic mass is 35.5. The van der Waals surface area contributed by atoms with E-state index in [1.165, 1.54) is 11.3 Å². The van der Waals surface area contributed by atoms with E-state index in [0.29, 0.717) is 9.90 Å². The molecule has 0 saturated heterocycles. The summed E-state index contributed by atoms with van der Waals surface area (Å²) in [6.45, 7) is 0.0387. The SMILES string of the molecule is O=C(O)COCCNC(=O)c1sccc1Cl. The molecule has 5 nitrogen and oxygen atoms in total. The van der Waals surface area contributed by atoms with Crippen LogP contribution in [0.25, 0.3) is 0 Å². The van der Waals surface area contributed by atoms with Crippen LogP contribution in [0.3, 0.4) is 0 Å². The number of hydrogen-bond acceptors (Lipinski definition) is 4. The fourth-order valence-electron chi connectivity index (χ4n) is 0.932. The first-order valence-corrected chi connectivity index (χ1v) is 5.67. The Balaban J connectivity index is 2.21. The second-order valence-corrected chi connectivity index (χ2v) is 4.12. The molecule has 0 spiro atoms. The minimum absolute atomic E-state index is 0.154. The molecule has 0 aliphatic rings. The monoisotopic (exact) mass is 263 g/mol. The molecule has 1 amide bonds. The third kappa shape index (κ3) is 4.18. The Labute approximate surface area is 101 Å². The molecule has 0 aliphatic heterocycles. The minimum atomic E-state index is -1.03. The van der Waals surface area contributed by atoms with E-state index in [9.17, 15) is 9.59 Å². The minimum Gasteiger partial charge on any atom is -0.480 e. The molecular formula is C9H10ClNO4S. The highest BCUT2D eigenvalue weighted by Gasteiger charge is 2.10. The Kier molecular flexibility index (Phi) is 5.24. The Morgan fingerprint density at radius 2 is 2.31 bits per heavy atom. The standard InChI is InChI=1S/C9H10ClNO4S/c10-6-1-4-16-8(6)9(14)11-2-3-15-5-7(12)13/h1,4H,2-3,5H2,(H,11,14)(H,12,13). The van der Waals surface area contributed by atoms with Crippen molar-refractivity contribution in [2.45, 2.75) is 0 Å². The lowest BCUT2D eigenvalue weighted by molar-refractivity contribution is -0.142. The van der Waals surface area contributed by atoms with Crippen molar-refractivity contribution < 1.29 is 19.4 Å². The van der Waals surface area contributed by atoms with Gasteiger partial charge in [0.05, 0.1) is 11.6 Å². The number of carbonyl (C=O) groups excluding carboxylic acids is 1. The van der Waals surface area contributed by atoms with E-state index in [-0.39, 0.29) is 25.7 Å². The lowest BCUT2D eigenvalue weighted by atomic mass is 10.4. The molecule has 0 saturated carbocycles. The maximum absolute atomic E-state index is 11.5. The van der Waals surface area contributed by atoms with Crippen molar-refractivity contribution in [2.24, 2.45) is 0 Å². The van der Waals surface area contributed by atoms with Gasteiger partial charge in [-0.25, -0.2) is 4.79 Å². The van der Waals surface area contributed by atoms with Crippen LogP contribution in [0, 0.1) is 0 Å². The third-order valence-electron chi connectivity index (χ3n) is 1.58. The maximum Gasteiger partial charge on any atom is 0.329 e. The molecule has 0 fully saturated rings. The van der Waals surface area contributed by atoms with E-state index < -0.39 is 5.97 Å². The Bertz CT molecular complexity index is 379. The lowest BCUT2D eigenvalue weighted by Crippen LogP contribution is -2.27. The average molecular weight is 264 g/mol. The second kappa shape index (κ2) is 6.47. The number of thiophene rings is 1. The Hall–Kier alpha value is -1.11. The Morgan fingerprint density at radius 3 is 2.88 bits per heavy atom. The van der Waals surface area contributed by atoms with Crippen LogP contribution in [-0.2, 0) is 9.53 Å². The number of rotatable bonds is 6. The first kappa shape index (κ1) is 13.0. The number of nitrogens with one attached hydrogen (secondary N) is 1. The van der Waals surface area contributed by atoms with E-state index in [0.717, 1.165) is 0 Å². The molecule has 0 bridgehead atoms. The van der Waals surface area contributed by atoms with Crippen molar-refractivity contribution >= 4 is 34.8 Å². The number of aliphatic carboxylic acids is 1. The second-order valence-electron chi connectivity index (χ2n) is 2.80. The maximum atomic E-state index is 11.5. The third-order valence-corrected chi connectivity index (χ3v) is 2.92. The molecule has 1 aromatic heterocycles. The van der Waals surface area contributed by atoms with Crippen molar-refractivity contribution in [1.29, 1.82) is 0 Å². The Morgan fingerprint density at radius 1 is 1.56 bits per heavy atom. The summed E-state index contributed by atoms with van der Waals surface area (Å²) >= 11 is 7.00. The summed E-state index contributed by atoms with van der Waals surface area (Å²) in [5.41, 5.74) is 0. The van der Waals surface area contributed by atoms with E-state index >= 15 is 0 Å². The molecule has 2 N–H and O–H groups in total. The predicted octanol–water partition coefficient (Wildman–Crippen LogP) is 1.23. The topological polar surface area (TPSA) is 75.6 Å². The summed E-state index contributed by atoms with van der Waals surface area (Å²) in [4.78, 5) is 22.0. The van der Waals surface area contributed by atoms with Gasteiger partial charge in [0.15, 0.2) is 0 Å². The summed E-state index contributed by atoms with van der Waals surface area (Å²) in [6, 6.07) is 1.64. The van der Waals surface area contributed by atoms with Crippen LogP contribution in [0.4, 0.5) is 0 Å². The van der Waals surface area contributed by atoms with Crippen molar-refractivity contribution in [3.8, 4) is 0 Å². The van der Waals surface area contributed by atoms with Gasteiger partial charge in [-0.1, -0.05) is 11.6 Å². The molecule has 0 aliphatic carbocycles. The smallest absolute Gasteiger partial charge is 0.329 e. The summed E-state index contributed by atoms with van der Waals surface area (Å²) in [6.07, 6.45) is 0. The summed E-state index contributed by atoms with van der Waals surface area (Å²) in [7, 11) is 0. The van der Waals surface area contributed by atoms with Crippen molar-refractivity contribution in [2.75, 3.05) is 19.8 Å². The predicted molar refractivity (Wildman–Crippen MR) is 60.1 cm³/mol. The van der Waals surface area contributed by atoms with Crippen LogP contribution < -0.4 is 5.32 Å². The molecule has 7 heteroatoms. The van der Waals surface area contributed by atoms with Gasteiger partial charge in [0, 0.05) is 6.54 Å². The molecule has 0 radical (unpaired) electrons. The van der Waals surface area contributed by atoms with Crippen LogP contribution >= 0.6 is 22.9 Å². The molecule has 0 aromatic carbocycles. The number of carboxylic acids is 1. The number of amides is 1. The highest BCUT2D eigenvalue weighted by Crippen LogP contribution is 2.21. The zero-order chi connectivity index (χ0) is 12.0. The number of ether oxygens (including phenoxy) is 1. The quantitative estimate of drug-likeness (QED) is 0.757. The van der Waals surface area contributed by atoms with E-state index in [2.05, 4.69) is 5.32 Å². The van der Waals surface area contributed by atoms with Gasteiger partial charge in [0.1, 0.15) is 11.5 Å². The van der Waals surface area contributed by atoms with Crippen molar-refractivity contribution in [1.82, 2.24) is 5.32 Å². The van der Waals surface area contributed by atoms with Gasteiger partial charge in [-0.05, 0) is 11.4 Å². The van der Waals surface area contributed by atoms with Gasteiger partial charge in [-0.2, -0.15) is 0 Å². The first-order valence-electron chi connectivity index (χ1n) is 4.42. The van der Waals surface area contributed by atoms with Crippen LogP contribution in [-0.4, -0.2) is 36.7 Å². The van der Waals surface area contributed by atoms with Crippen molar-refractivity contribution in [3.63, 3.8) is 0 Å². The van der Waals surface area contributed by atoms with Crippen LogP contribution in [0.2, 0.25) is 5.02 Å². The summed E-state index contributed by atoms with van der Waals surface area (Å²) in [5.74, 6) is -1.31. The van der Waals surface area contributed by atoms with Crippen LogP contribution in [0.15, 0.2) is 11.4 Å². The summed E-state index contributed by atoms with van der Waals surface area (Å²) in [5, 5.41) is 13.0. The summed E-state index contributed by atoms with van der Waals surface area (Å²) < 4.78 is 4.75. The molecule has 88 valence electrons. The molecule has 1 aromatic rings. The lowest BCUT2D eigenvalue weighted by Gasteiger charge is -2.03. The molecule has 1 rings (SSSR count). The molecule has 16 heavy (non-hydrogen) atoms. The average Bonchev–Trinajstić information content (AvgIpc) is 2.63. The molecule has 1 heterocycles.